The number of nitrogens with zero attached hydrogens (tertiary/aromatic N) is 4. The number of aromatic nitrogens is 2. The van der Waals surface area contributed by atoms with E-state index in [1.807, 2.05) is 20.8 Å². The third-order valence-corrected chi connectivity index (χ3v) is 4.23. The summed E-state index contributed by atoms with van der Waals surface area (Å²) in [6.07, 6.45) is 2.40. The predicted octanol–water partition coefficient (Wildman–Crippen LogP) is 3.10. The molecule has 7 heteroatoms. The highest BCUT2D eigenvalue weighted by Crippen LogP contribution is 2.33. The molecule has 2 heterocycles. The van der Waals surface area contributed by atoms with E-state index in [4.69, 9.17) is 0 Å². The number of nitro groups is 1. The monoisotopic (exact) mass is 314 g/mol. The summed E-state index contributed by atoms with van der Waals surface area (Å²) in [5.41, 5.74) is 0.757. The van der Waals surface area contributed by atoms with Crippen molar-refractivity contribution in [2.75, 3.05) is 4.90 Å². The van der Waals surface area contributed by atoms with Gasteiger partial charge in [0.25, 0.3) is 11.6 Å². The van der Waals surface area contributed by atoms with E-state index in [1.165, 1.54) is 6.07 Å². The molecule has 1 aliphatic heterocycles. The van der Waals surface area contributed by atoms with Crippen molar-refractivity contribution in [3.63, 3.8) is 0 Å². The molecule has 0 fully saturated rings. The highest BCUT2D eigenvalue weighted by atomic mass is 16.6. The summed E-state index contributed by atoms with van der Waals surface area (Å²) in [4.78, 5) is 25.4. The molecule has 23 heavy (non-hydrogen) atoms. The van der Waals surface area contributed by atoms with Crippen LogP contribution in [0.3, 0.4) is 0 Å². The molecule has 2 atom stereocenters. The number of fused-ring (bicyclic) bond motifs is 1. The first-order chi connectivity index (χ1) is 10.9. The van der Waals surface area contributed by atoms with Gasteiger partial charge >= 0.3 is 0 Å². The van der Waals surface area contributed by atoms with Crippen LogP contribution in [0.1, 0.15) is 42.2 Å². The van der Waals surface area contributed by atoms with Crippen LogP contribution in [-0.2, 0) is 0 Å². The van der Waals surface area contributed by atoms with Gasteiger partial charge in [-0.3, -0.25) is 19.8 Å². The zero-order valence-corrected chi connectivity index (χ0v) is 13.3. The van der Waals surface area contributed by atoms with Gasteiger partial charge in [-0.2, -0.15) is 5.10 Å². The number of benzene rings is 1. The molecular formula is C16H18N4O3. The molecule has 0 aliphatic carbocycles. The lowest BCUT2D eigenvalue weighted by Gasteiger charge is -2.36. The van der Waals surface area contributed by atoms with Crippen LogP contribution in [-0.4, -0.2) is 26.7 Å². The van der Waals surface area contributed by atoms with Gasteiger partial charge in [0.2, 0.25) is 0 Å². The average molecular weight is 314 g/mol. The minimum Gasteiger partial charge on any atom is -0.290 e. The minimum absolute atomic E-state index is 0.0539. The Balaban J connectivity index is 2.10. The Labute approximate surface area is 133 Å². The number of hydrogen-bond donors (Lipinski definition) is 0. The van der Waals surface area contributed by atoms with Crippen molar-refractivity contribution in [2.45, 2.75) is 39.3 Å². The molecule has 2 aromatic rings. The van der Waals surface area contributed by atoms with Crippen LogP contribution in [0.25, 0.3) is 0 Å². The van der Waals surface area contributed by atoms with Crippen LogP contribution < -0.4 is 4.90 Å². The second kappa shape index (κ2) is 5.49. The van der Waals surface area contributed by atoms with Gasteiger partial charge in [-0.05, 0) is 38.8 Å². The van der Waals surface area contributed by atoms with Crippen molar-refractivity contribution in [1.29, 1.82) is 0 Å². The minimum atomic E-state index is -0.513. The second-order valence-corrected chi connectivity index (χ2v) is 6.02. The molecule has 0 N–H and O–H groups in total. The molecule has 0 saturated heterocycles. The molecule has 0 bridgehead atoms. The van der Waals surface area contributed by atoms with Crippen molar-refractivity contribution in [1.82, 2.24) is 9.78 Å². The van der Waals surface area contributed by atoms with E-state index in [9.17, 15) is 14.9 Å². The molecule has 0 saturated carbocycles. The van der Waals surface area contributed by atoms with Crippen LogP contribution in [0.2, 0.25) is 0 Å². The lowest BCUT2D eigenvalue weighted by molar-refractivity contribution is -0.385. The number of nitro benzene ring substituents is 1. The Morgan fingerprint density at radius 3 is 2.74 bits per heavy atom. The average Bonchev–Trinajstić information content (AvgIpc) is 2.96. The van der Waals surface area contributed by atoms with Gasteiger partial charge in [-0.1, -0.05) is 6.07 Å². The summed E-state index contributed by atoms with van der Waals surface area (Å²) in [6.45, 7) is 5.81. The number of amides is 1. The fourth-order valence-electron chi connectivity index (χ4n) is 3.18. The van der Waals surface area contributed by atoms with Gasteiger partial charge in [0.05, 0.1) is 17.2 Å². The first kappa shape index (κ1) is 15.2. The van der Waals surface area contributed by atoms with Crippen LogP contribution in [0.4, 0.5) is 11.5 Å². The largest absolute Gasteiger partial charge is 0.290 e. The first-order valence-corrected chi connectivity index (χ1v) is 7.52. The van der Waals surface area contributed by atoms with Crippen molar-refractivity contribution in [3.8, 4) is 0 Å². The fourth-order valence-corrected chi connectivity index (χ4v) is 3.18. The Bertz CT molecular complexity index is 783. The molecule has 1 aliphatic rings. The van der Waals surface area contributed by atoms with Gasteiger partial charge in [-0.25, -0.2) is 4.68 Å². The quantitative estimate of drug-likeness (QED) is 0.630. The SMILES string of the molecule is Cc1ccc([N+](=O)[O-])c(C(=O)N2c3ccnn3[C@H](C)C[C@H]2C)c1. The first-order valence-electron chi connectivity index (χ1n) is 7.52. The smallest absolute Gasteiger partial charge is 0.282 e. The number of carbonyl (C=O) groups is 1. The number of hydrogen-bond acceptors (Lipinski definition) is 4. The molecule has 7 nitrogen and oxygen atoms in total. The van der Waals surface area contributed by atoms with E-state index in [-0.39, 0.29) is 29.2 Å². The van der Waals surface area contributed by atoms with Crippen molar-refractivity contribution >= 4 is 17.4 Å². The predicted molar refractivity (Wildman–Crippen MR) is 85.7 cm³/mol. The van der Waals surface area contributed by atoms with Gasteiger partial charge in [0.1, 0.15) is 11.4 Å². The third kappa shape index (κ3) is 2.48. The molecule has 0 radical (unpaired) electrons. The fraction of sp³-hybridized carbons (Fsp3) is 0.375. The molecule has 120 valence electrons. The van der Waals surface area contributed by atoms with Gasteiger partial charge in [0, 0.05) is 18.2 Å². The van der Waals surface area contributed by atoms with Gasteiger partial charge < -0.3 is 0 Å². The van der Waals surface area contributed by atoms with E-state index in [0.29, 0.717) is 5.82 Å². The van der Waals surface area contributed by atoms with E-state index < -0.39 is 4.92 Å². The Hall–Kier alpha value is -2.70. The van der Waals surface area contributed by atoms with Crippen LogP contribution in [0, 0.1) is 17.0 Å². The van der Waals surface area contributed by atoms with Crippen molar-refractivity contribution < 1.29 is 9.72 Å². The van der Waals surface area contributed by atoms with E-state index in [2.05, 4.69) is 5.10 Å². The zero-order chi connectivity index (χ0) is 16.7. The second-order valence-electron chi connectivity index (χ2n) is 6.02. The summed E-state index contributed by atoms with van der Waals surface area (Å²) >= 11 is 0. The van der Waals surface area contributed by atoms with Crippen molar-refractivity contribution in [3.05, 3.63) is 51.7 Å². The molecule has 3 rings (SSSR count). The number of anilines is 1. The van der Waals surface area contributed by atoms with Crippen LogP contribution >= 0.6 is 0 Å². The zero-order valence-electron chi connectivity index (χ0n) is 13.3. The highest BCUT2D eigenvalue weighted by Gasteiger charge is 2.35. The standard InChI is InChI=1S/C16H18N4O3/c1-10-4-5-14(20(22)23)13(8-10)16(21)18-11(2)9-12(3)19-15(18)6-7-17-19/h4-8,11-12H,9H2,1-3H3/t11-,12-/m1/s1. The number of aryl methyl sites for hydroxylation is 1. The van der Waals surface area contributed by atoms with Crippen LogP contribution in [0.15, 0.2) is 30.5 Å². The lowest BCUT2D eigenvalue weighted by atomic mass is 10.0. The lowest BCUT2D eigenvalue weighted by Crippen LogP contribution is -2.45. The normalized spacial score (nSPS) is 20.2. The molecule has 0 spiro atoms. The number of carbonyl (C=O) groups excluding carboxylic acids is 1. The molecule has 1 aromatic heterocycles. The van der Waals surface area contributed by atoms with Crippen molar-refractivity contribution in [2.24, 2.45) is 0 Å². The molecule has 1 aromatic carbocycles. The van der Waals surface area contributed by atoms with E-state index in [0.717, 1.165) is 12.0 Å². The summed E-state index contributed by atoms with van der Waals surface area (Å²) in [7, 11) is 0. The Morgan fingerprint density at radius 2 is 2.04 bits per heavy atom. The molecule has 0 unspecified atom stereocenters. The maximum absolute atomic E-state index is 13.0. The topological polar surface area (TPSA) is 81.3 Å². The van der Waals surface area contributed by atoms with Crippen LogP contribution in [0.5, 0.6) is 0 Å². The van der Waals surface area contributed by atoms with Gasteiger partial charge in [-0.15, -0.1) is 0 Å². The van der Waals surface area contributed by atoms with Gasteiger partial charge in [0.15, 0.2) is 0 Å². The Kier molecular flexibility index (Phi) is 3.63. The summed E-state index contributed by atoms with van der Waals surface area (Å²) in [6, 6.07) is 6.50. The summed E-state index contributed by atoms with van der Waals surface area (Å²) < 4.78 is 1.79. The molecular weight excluding hydrogens is 296 g/mol. The molecule has 1 amide bonds. The third-order valence-electron chi connectivity index (χ3n) is 4.23. The highest BCUT2D eigenvalue weighted by molar-refractivity contribution is 6.08. The van der Waals surface area contributed by atoms with E-state index in [1.54, 1.807) is 34.0 Å². The maximum Gasteiger partial charge on any atom is 0.282 e. The summed E-state index contributed by atoms with van der Waals surface area (Å²) in [5.74, 6) is 0.318. The van der Waals surface area contributed by atoms with E-state index >= 15 is 0 Å². The summed E-state index contributed by atoms with van der Waals surface area (Å²) in [5, 5.41) is 15.5. The Morgan fingerprint density at radius 1 is 1.30 bits per heavy atom. The maximum atomic E-state index is 13.0. The number of rotatable bonds is 2.